The molecule has 0 fully saturated rings. The average molecular weight is 368 g/mol. The van der Waals surface area contributed by atoms with Crippen LogP contribution >= 0.6 is 11.3 Å². The molecule has 0 unspecified atom stereocenters. The number of halogens is 1. The van der Waals surface area contributed by atoms with E-state index in [2.05, 4.69) is 10.3 Å². The van der Waals surface area contributed by atoms with Gasteiger partial charge in [-0.3, -0.25) is 4.79 Å². The molecular formula is C20H17FN2O2S. The monoisotopic (exact) mass is 368 g/mol. The summed E-state index contributed by atoms with van der Waals surface area (Å²) in [6.45, 7) is 2.57. The summed E-state index contributed by atoms with van der Waals surface area (Å²) < 4.78 is 20.0. The minimum absolute atomic E-state index is 0.0731. The summed E-state index contributed by atoms with van der Waals surface area (Å²) in [6, 6.07) is 10.9. The molecular weight excluding hydrogens is 351 g/mol. The fourth-order valence-electron chi connectivity index (χ4n) is 2.99. The first-order valence-electron chi connectivity index (χ1n) is 8.45. The van der Waals surface area contributed by atoms with Crippen LogP contribution in [0.3, 0.4) is 0 Å². The fourth-order valence-corrected chi connectivity index (χ4v) is 3.82. The smallest absolute Gasteiger partial charge is 0.224 e. The standard InChI is InChI=1S/C20H17FN2O2S/c1-2-25-14-6-3-12(4-7-14)20-23-18(11-26-20)15-9-13-5-8-19(24)22-17(13)10-16(15)21/h3-4,6-7,9-11H,2,5,8H2,1H3,(H,22,24). The van der Waals surface area contributed by atoms with Crippen molar-refractivity contribution in [3.8, 4) is 27.6 Å². The molecule has 1 aliphatic rings. The lowest BCUT2D eigenvalue weighted by Gasteiger charge is -2.17. The van der Waals surface area contributed by atoms with Crippen LogP contribution in [0.1, 0.15) is 18.9 Å². The first kappa shape index (κ1) is 16.7. The predicted octanol–water partition coefficient (Wildman–Crippen LogP) is 4.90. The second kappa shape index (κ2) is 6.88. The zero-order valence-corrected chi connectivity index (χ0v) is 15.0. The maximum Gasteiger partial charge on any atom is 0.224 e. The van der Waals surface area contributed by atoms with Crippen molar-refractivity contribution in [3.63, 3.8) is 0 Å². The van der Waals surface area contributed by atoms with E-state index in [1.807, 2.05) is 36.6 Å². The van der Waals surface area contributed by atoms with Crippen molar-refractivity contribution in [2.45, 2.75) is 19.8 Å². The predicted molar refractivity (Wildman–Crippen MR) is 101 cm³/mol. The van der Waals surface area contributed by atoms with Gasteiger partial charge in [0, 0.05) is 28.6 Å². The topological polar surface area (TPSA) is 51.2 Å². The summed E-state index contributed by atoms with van der Waals surface area (Å²) in [4.78, 5) is 16.1. The molecule has 4 rings (SSSR count). The van der Waals surface area contributed by atoms with Gasteiger partial charge in [0.15, 0.2) is 0 Å². The Morgan fingerprint density at radius 2 is 2.04 bits per heavy atom. The minimum atomic E-state index is -0.380. The van der Waals surface area contributed by atoms with Crippen molar-refractivity contribution in [2.75, 3.05) is 11.9 Å². The van der Waals surface area contributed by atoms with Gasteiger partial charge in [-0.25, -0.2) is 9.37 Å². The van der Waals surface area contributed by atoms with E-state index in [1.54, 1.807) is 6.07 Å². The summed E-state index contributed by atoms with van der Waals surface area (Å²) in [5, 5.41) is 5.40. The molecule has 1 aromatic heterocycles. The van der Waals surface area contributed by atoms with Crippen molar-refractivity contribution >= 4 is 22.9 Å². The van der Waals surface area contributed by atoms with Gasteiger partial charge in [-0.15, -0.1) is 11.3 Å². The fraction of sp³-hybridized carbons (Fsp3) is 0.200. The molecule has 26 heavy (non-hydrogen) atoms. The molecule has 1 amide bonds. The first-order valence-corrected chi connectivity index (χ1v) is 9.33. The van der Waals surface area contributed by atoms with Gasteiger partial charge in [0.25, 0.3) is 0 Å². The number of aryl methyl sites for hydroxylation is 1. The molecule has 0 saturated heterocycles. The summed E-state index contributed by atoms with van der Waals surface area (Å²) in [5.74, 6) is 0.362. The van der Waals surface area contributed by atoms with Crippen LogP contribution in [0.25, 0.3) is 21.8 Å². The van der Waals surface area contributed by atoms with Crippen molar-refractivity contribution in [3.05, 3.63) is 53.2 Å². The number of carbonyl (C=O) groups excluding carboxylic acids is 1. The van der Waals surface area contributed by atoms with Crippen LogP contribution in [-0.4, -0.2) is 17.5 Å². The highest BCUT2D eigenvalue weighted by molar-refractivity contribution is 7.13. The van der Waals surface area contributed by atoms with Crippen LogP contribution in [-0.2, 0) is 11.2 Å². The lowest BCUT2D eigenvalue weighted by Crippen LogP contribution is -2.19. The number of nitrogens with one attached hydrogen (secondary N) is 1. The van der Waals surface area contributed by atoms with Gasteiger partial charge in [-0.1, -0.05) is 0 Å². The lowest BCUT2D eigenvalue weighted by molar-refractivity contribution is -0.116. The van der Waals surface area contributed by atoms with E-state index < -0.39 is 0 Å². The van der Waals surface area contributed by atoms with Crippen molar-refractivity contribution < 1.29 is 13.9 Å². The Morgan fingerprint density at radius 1 is 1.23 bits per heavy atom. The number of fused-ring (bicyclic) bond motifs is 1. The van der Waals surface area contributed by atoms with E-state index in [0.717, 1.165) is 21.9 Å². The lowest BCUT2D eigenvalue weighted by atomic mass is 9.99. The SMILES string of the molecule is CCOc1ccc(-c2nc(-c3cc4c(cc3F)NC(=O)CC4)cs2)cc1. The molecule has 0 radical (unpaired) electrons. The maximum absolute atomic E-state index is 14.5. The van der Waals surface area contributed by atoms with Crippen molar-refractivity contribution in [2.24, 2.45) is 0 Å². The van der Waals surface area contributed by atoms with E-state index in [-0.39, 0.29) is 11.7 Å². The number of hydrogen-bond donors (Lipinski definition) is 1. The van der Waals surface area contributed by atoms with E-state index in [4.69, 9.17) is 4.74 Å². The van der Waals surface area contributed by atoms with Crippen molar-refractivity contribution in [1.82, 2.24) is 4.98 Å². The maximum atomic E-state index is 14.5. The number of anilines is 1. The van der Waals surface area contributed by atoms with Crippen molar-refractivity contribution in [1.29, 1.82) is 0 Å². The molecule has 0 saturated carbocycles. The first-order chi connectivity index (χ1) is 12.6. The highest BCUT2D eigenvalue weighted by Gasteiger charge is 2.19. The molecule has 0 spiro atoms. The normalized spacial score (nSPS) is 13.2. The third-order valence-corrected chi connectivity index (χ3v) is 5.17. The molecule has 4 nitrogen and oxygen atoms in total. The molecule has 0 aliphatic carbocycles. The Morgan fingerprint density at radius 3 is 2.81 bits per heavy atom. The van der Waals surface area contributed by atoms with Crippen LogP contribution in [0.5, 0.6) is 5.75 Å². The molecule has 0 bridgehead atoms. The molecule has 132 valence electrons. The van der Waals surface area contributed by atoms with E-state index in [0.29, 0.717) is 36.4 Å². The molecule has 0 atom stereocenters. The number of amides is 1. The molecule has 1 aliphatic heterocycles. The van der Waals surface area contributed by atoms with Crippen LogP contribution in [0.4, 0.5) is 10.1 Å². The second-order valence-electron chi connectivity index (χ2n) is 6.03. The Bertz CT molecular complexity index is 966. The highest BCUT2D eigenvalue weighted by atomic mass is 32.1. The number of ether oxygens (including phenoxy) is 1. The van der Waals surface area contributed by atoms with Crippen LogP contribution in [0.15, 0.2) is 41.8 Å². The van der Waals surface area contributed by atoms with Gasteiger partial charge in [0.05, 0.1) is 12.3 Å². The van der Waals surface area contributed by atoms with Gasteiger partial charge in [-0.2, -0.15) is 0 Å². The zero-order valence-electron chi connectivity index (χ0n) is 14.2. The number of carbonyl (C=O) groups is 1. The summed E-state index contributed by atoms with van der Waals surface area (Å²) in [5.41, 5.74) is 3.54. The van der Waals surface area contributed by atoms with Gasteiger partial charge in [0.1, 0.15) is 16.6 Å². The largest absolute Gasteiger partial charge is 0.494 e. The molecule has 6 heteroatoms. The van der Waals surface area contributed by atoms with Gasteiger partial charge in [-0.05, 0) is 55.3 Å². The number of thiazole rings is 1. The van der Waals surface area contributed by atoms with Crippen LogP contribution in [0, 0.1) is 5.82 Å². The minimum Gasteiger partial charge on any atom is -0.494 e. The molecule has 1 N–H and O–H groups in total. The quantitative estimate of drug-likeness (QED) is 0.713. The van der Waals surface area contributed by atoms with Crippen LogP contribution < -0.4 is 10.1 Å². The van der Waals surface area contributed by atoms with E-state index in [1.165, 1.54) is 17.4 Å². The summed E-state index contributed by atoms with van der Waals surface area (Å²) in [6.07, 6.45) is 1.04. The zero-order chi connectivity index (χ0) is 18.1. The number of rotatable bonds is 4. The number of aromatic nitrogens is 1. The third kappa shape index (κ3) is 3.20. The highest BCUT2D eigenvalue weighted by Crippen LogP contribution is 2.34. The van der Waals surface area contributed by atoms with Gasteiger partial charge in [0.2, 0.25) is 5.91 Å². The molecule has 2 aromatic carbocycles. The Hall–Kier alpha value is -2.73. The van der Waals surface area contributed by atoms with Crippen LogP contribution in [0.2, 0.25) is 0 Å². The molecule has 2 heterocycles. The third-order valence-electron chi connectivity index (χ3n) is 4.28. The van der Waals surface area contributed by atoms with Gasteiger partial charge < -0.3 is 10.1 Å². The molecule has 3 aromatic rings. The van der Waals surface area contributed by atoms with E-state index >= 15 is 0 Å². The average Bonchev–Trinajstić information content (AvgIpc) is 3.12. The van der Waals surface area contributed by atoms with E-state index in [9.17, 15) is 9.18 Å². The second-order valence-corrected chi connectivity index (χ2v) is 6.89. The Kier molecular flexibility index (Phi) is 4.42. The number of benzene rings is 2. The summed E-state index contributed by atoms with van der Waals surface area (Å²) in [7, 11) is 0. The van der Waals surface area contributed by atoms with Gasteiger partial charge >= 0.3 is 0 Å². The Balaban J connectivity index is 1.65. The number of hydrogen-bond acceptors (Lipinski definition) is 4. The Labute approximate surface area is 154 Å². The summed E-state index contributed by atoms with van der Waals surface area (Å²) >= 11 is 1.47. The number of nitrogens with zero attached hydrogens (tertiary/aromatic N) is 1.